The lowest BCUT2D eigenvalue weighted by molar-refractivity contribution is -0.00702. The predicted molar refractivity (Wildman–Crippen MR) is 62.6 cm³/mol. The summed E-state index contributed by atoms with van der Waals surface area (Å²) in [4.78, 5) is 2.26. The molecule has 1 atom stereocenters. The number of hydrogen-bond acceptors (Lipinski definition) is 5. The van der Waals surface area contributed by atoms with E-state index in [-0.39, 0.29) is 6.10 Å². The fourth-order valence-electron chi connectivity index (χ4n) is 1.73. The van der Waals surface area contributed by atoms with E-state index in [9.17, 15) is 5.11 Å². The first-order valence-electron chi connectivity index (χ1n) is 6.09. The zero-order chi connectivity index (χ0) is 11.6. The first kappa shape index (κ1) is 13.9. The molecule has 1 fully saturated rings. The molecule has 0 aromatic heterocycles. The smallest absolute Gasteiger partial charge is 0.0900 e. The van der Waals surface area contributed by atoms with Crippen molar-refractivity contribution >= 4 is 0 Å². The van der Waals surface area contributed by atoms with E-state index < -0.39 is 0 Å². The molecule has 0 aromatic carbocycles. The second kappa shape index (κ2) is 8.90. The molecule has 0 amide bonds. The molecule has 0 aliphatic carbocycles. The number of nitrogens with zero attached hydrogens (tertiary/aromatic N) is 1. The summed E-state index contributed by atoms with van der Waals surface area (Å²) in [6.45, 7) is 8.99. The molecule has 0 bridgehead atoms. The summed E-state index contributed by atoms with van der Waals surface area (Å²) in [7, 11) is 0. The van der Waals surface area contributed by atoms with Gasteiger partial charge in [0.25, 0.3) is 0 Å². The molecule has 96 valence electrons. The Morgan fingerprint density at radius 3 is 2.62 bits per heavy atom. The maximum absolute atomic E-state index is 9.73. The number of hydrogen-bond donors (Lipinski definition) is 2. The average molecular weight is 232 g/mol. The standard InChI is InChI=1S/C11H24N2O3/c1-2-15-7-8-16-10-11(14)9-13-5-3-12-4-6-13/h11-12,14H,2-10H2,1H3. The lowest BCUT2D eigenvalue weighted by atomic mass is 10.3. The van der Waals surface area contributed by atoms with E-state index in [4.69, 9.17) is 9.47 Å². The van der Waals surface area contributed by atoms with E-state index in [1.807, 2.05) is 6.92 Å². The highest BCUT2D eigenvalue weighted by atomic mass is 16.5. The van der Waals surface area contributed by atoms with Gasteiger partial charge in [0, 0.05) is 39.3 Å². The van der Waals surface area contributed by atoms with Crippen LogP contribution in [0.3, 0.4) is 0 Å². The summed E-state index contributed by atoms with van der Waals surface area (Å²) < 4.78 is 10.5. The Morgan fingerprint density at radius 2 is 1.94 bits per heavy atom. The highest BCUT2D eigenvalue weighted by molar-refractivity contribution is 4.70. The second-order valence-corrected chi connectivity index (χ2v) is 3.98. The third-order valence-corrected chi connectivity index (χ3v) is 2.56. The van der Waals surface area contributed by atoms with Crippen molar-refractivity contribution < 1.29 is 14.6 Å². The van der Waals surface area contributed by atoms with E-state index in [1.54, 1.807) is 0 Å². The minimum Gasteiger partial charge on any atom is -0.389 e. The quantitative estimate of drug-likeness (QED) is 0.542. The van der Waals surface area contributed by atoms with Crippen LogP contribution < -0.4 is 5.32 Å². The number of β-amino-alcohol motifs (C(OH)–C–C–N with tert-alkyl or cyclic N) is 1. The third-order valence-electron chi connectivity index (χ3n) is 2.56. The normalized spacial score (nSPS) is 19.9. The van der Waals surface area contributed by atoms with Crippen LogP contribution in [0.15, 0.2) is 0 Å². The maximum atomic E-state index is 9.73. The molecule has 1 heterocycles. The Bertz CT molecular complexity index is 163. The van der Waals surface area contributed by atoms with Gasteiger partial charge in [0.05, 0.1) is 25.9 Å². The molecule has 0 aromatic rings. The minimum atomic E-state index is -0.389. The molecule has 16 heavy (non-hydrogen) atoms. The van der Waals surface area contributed by atoms with E-state index in [1.165, 1.54) is 0 Å². The van der Waals surface area contributed by atoms with Crippen LogP contribution in [0.1, 0.15) is 6.92 Å². The van der Waals surface area contributed by atoms with E-state index in [0.717, 1.165) is 26.2 Å². The van der Waals surface area contributed by atoms with Crippen molar-refractivity contribution in [3.05, 3.63) is 0 Å². The van der Waals surface area contributed by atoms with Crippen LogP contribution >= 0.6 is 0 Å². The summed E-state index contributed by atoms with van der Waals surface area (Å²) in [6, 6.07) is 0. The highest BCUT2D eigenvalue weighted by Crippen LogP contribution is 1.96. The van der Waals surface area contributed by atoms with Crippen LogP contribution in [0, 0.1) is 0 Å². The summed E-state index contributed by atoms with van der Waals surface area (Å²) in [5.74, 6) is 0. The van der Waals surface area contributed by atoms with Crippen molar-refractivity contribution in [1.82, 2.24) is 10.2 Å². The number of piperazine rings is 1. The van der Waals surface area contributed by atoms with Crippen LogP contribution in [0.5, 0.6) is 0 Å². The Labute approximate surface area is 97.7 Å². The summed E-state index contributed by atoms with van der Waals surface area (Å²) in [6.07, 6.45) is -0.389. The van der Waals surface area contributed by atoms with Crippen LogP contribution in [0.2, 0.25) is 0 Å². The molecule has 0 radical (unpaired) electrons. The van der Waals surface area contributed by atoms with Gasteiger partial charge in [0.15, 0.2) is 0 Å². The van der Waals surface area contributed by atoms with Gasteiger partial charge >= 0.3 is 0 Å². The lowest BCUT2D eigenvalue weighted by Gasteiger charge is -2.28. The summed E-state index contributed by atoms with van der Waals surface area (Å²) >= 11 is 0. The van der Waals surface area contributed by atoms with E-state index in [2.05, 4.69) is 10.2 Å². The largest absolute Gasteiger partial charge is 0.389 e. The molecule has 2 N–H and O–H groups in total. The van der Waals surface area contributed by atoms with E-state index in [0.29, 0.717) is 33.0 Å². The van der Waals surface area contributed by atoms with Gasteiger partial charge in [-0.1, -0.05) is 0 Å². The first-order valence-corrected chi connectivity index (χ1v) is 6.09. The van der Waals surface area contributed by atoms with Gasteiger partial charge in [0.1, 0.15) is 0 Å². The van der Waals surface area contributed by atoms with Crippen molar-refractivity contribution in [2.45, 2.75) is 13.0 Å². The van der Waals surface area contributed by atoms with Crippen LogP contribution in [-0.2, 0) is 9.47 Å². The molecule has 5 heteroatoms. The van der Waals surface area contributed by atoms with Gasteiger partial charge in [-0.25, -0.2) is 0 Å². The SMILES string of the molecule is CCOCCOCC(O)CN1CCNCC1. The zero-order valence-corrected chi connectivity index (χ0v) is 10.2. The zero-order valence-electron chi connectivity index (χ0n) is 10.2. The minimum absolute atomic E-state index is 0.389. The molecule has 5 nitrogen and oxygen atoms in total. The topological polar surface area (TPSA) is 54.0 Å². The molecular weight excluding hydrogens is 208 g/mol. The third kappa shape index (κ3) is 6.40. The lowest BCUT2D eigenvalue weighted by Crippen LogP contribution is -2.47. The number of rotatable bonds is 8. The van der Waals surface area contributed by atoms with Crippen LogP contribution in [0.4, 0.5) is 0 Å². The monoisotopic (exact) mass is 232 g/mol. The fourth-order valence-corrected chi connectivity index (χ4v) is 1.73. The Balaban J connectivity index is 1.95. The van der Waals surface area contributed by atoms with E-state index >= 15 is 0 Å². The van der Waals surface area contributed by atoms with Crippen LogP contribution in [-0.4, -0.2) is 75.3 Å². The molecule has 1 aliphatic rings. The first-order chi connectivity index (χ1) is 7.83. The molecule has 0 saturated carbocycles. The fraction of sp³-hybridized carbons (Fsp3) is 1.00. The number of nitrogens with one attached hydrogen (secondary N) is 1. The Morgan fingerprint density at radius 1 is 1.25 bits per heavy atom. The number of aliphatic hydroxyl groups is 1. The van der Waals surface area contributed by atoms with Gasteiger partial charge in [0.2, 0.25) is 0 Å². The summed E-state index contributed by atoms with van der Waals surface area (Å²) in [5, 5.41) is 13.0. The average Bonchev–Trinajstić information content (AvgIpc) is 2.30. The van der Waals surface area contributed by atoms with Crippen molar-refractivity contribution in [3.8, 4) is 0 Å². The predicted octanol–water partition coefficient (Wildman–Crippen LogP) is -0.694. The second-order valence-electron chi connectivity index (χ2n) is 3.98. The molecule has 1 aliphatic heterocycles. The Hall–Kier alpha value is -0.200. The van der Waals surface area contributed by atoms with Gasteiger partial charge in [-0.2, -0.15) is 0 Å². The Kier molecular flexibility index (Phi) is 7.71. The molecular formula is C11H24N2O3. The van der Waals surface area contributed by atoms with Gasteiger partial charge in [-0.3, -0.25) is 4.90 Å². The van der Waals surface area contributed by atoms with Crippen molar-refractivity contribution in [2.24, 2.45) is 0 Å². The number of ether oxygens (including phenoxy) is 2. The van der Waals surface area contributed by atoms with Gasteiger partial charge in [-0.15, -0.1) is 0 Å². The van der Waals surface area contributed by atoms with Crippen molar-refractivity contribution in [3.63, 3.8) is 0 Å². The van der Waals surface area contributed by atoms with Crippen molar-refractivity contribution in [2.75, 3.05) is 59.2 Å². The maximum Gasteiger partial charge on any atom is 0.0900 e. The van der Waals surface area contributed by atoms with Gasteiger partial charge < -0.3 is 19.9 Å². The molecule has 1 saturated heterocycles. The van der Waals surface area contributed by atoms with Gasteiger partial charge in [-0.05, 0) is 6.92 Å². The molecule has 1 rings (SSSR count). The highest BCUT2D eigenvalue weighted by Gasteiger charge is 2.13. The number of aliphatic hydroxyl groups excluding tert-OH is 1. The summed E-state index contributed by atoms with van der Waals surface area (Å²) in [5.41, 5.74) is 0. The molecule has 1 unspecified atom stereocenters. The molecule has 0 spiro atoms. The van der Waals surface area contributed by atoms with Crippen LogP contribution in [0.25, 0.3) is 0 Å². The van der Waals surface area contributed by atoms with Crippen molar-refractivity contribution in [1.29, 1.82) is 0 Å².